The second-order valence-electron chi connectivity index (χ2n) is 6.51. The summed E-state index contributed by atoms with van der Waals surface area (Å²) in [6.07, 6.45) is 3.74. The molecule has 0 aliphatic heterocycles. The maximum Gasteiger partial charge on any atom is 0.123 e. The average molecular weight is 261 g/mol. The van der Waals surface area contributed by atoms with Gasteiger partial charge in [0.25, 0.3) is 0 Å². The van der Waals surface area contributed by atoms with Gasteiger partial charge in [-0.15, -0.1) is 0 Å². The van der Waals surface area contributed by atoms with Crippen molar-refractivity contribution in [1.29, 1.82) is 0 Å². The fourth-order valence-electron chi connectivity index (χ4n) is 2.22. The Hall–Kier alpha value is -1.02. The lowest BCUT2D eigenvalue weighted by molar-refractivity contribution is 0.305. The van der Waals surface area contributed by atoms with Crippen LogP contribution in [-0.2, 0) is 11.8 Å². The van der Waals surface area contributed by atoms with E-state index in [-0.39, 0.29) is 5.41 Å². The van der Waals surface area contributed by atoms with Crippen LogP contribution >= 0.6 is 0 Å². The summed E-state index contributed by atoms with van der Waals surface area (Å²) in [7, 11) is 0. The van der Waals surface area contributed by atoms with E-state index in [0.29, 0.717) is 0 Å². The van der Waals surface area contributed by atoms with E-state index in [0.717, 1.165) is 31.4 Å². The van der Waals surface area contributed by atoms with Crippen LogP contribution in [0.1, 0.15) is 51.7 Å². The van der Waals surface area contributed by atoms with Gasteiger partial charge in [-0.3, -0.25) is 0 Å². The van der Waals surface area contributed by atoms with Crippen molar-refractivity contribution in [3.05, 3.63) is 29.3 Å². The third-order valence-electron chi connectivity index (χ3n) is 3.63. The minimum atomic E-state index is 0.129. The van der Waals surface area contributed by atoms with E-state index in [2.05, 4.69) is 51.2 Å². The maximum atomic E-state index is 5.98. The standard InChI is InChI=1S/C17H27NO/c1-5-13-6-9-16(15(12-13)17(2,3)4)19-11-10-18-14-7-8-14/h6,9,12,14,18H,5,7-8,10-11H2,1-4H3. The summed E-state index contributed by atoms with van der Waals surface area (Å²) in [6.45, 7) is 10.6. The normalized spacial score (nSPS) is 15.6. The highest BCUT2D eigenvalue weighted by atomic mass is 16.5. The van der Waals surface area contributed by atoms with Crippen molar-refractivity contribution in [3.8, 4) is 5.75 Å². The lowest BCUT2D eigenvalue weighted by atomic mass is 9.85. The molecule has 0 bridgehead atoms. The molecule has 106 valence electrons. The molecule has 0 heterocycles. The molecule has 0 radical (unpaired) electrons. The Morgan fingerprint density at radius 3 is 2.58 bits per heavy atom. The zero-order valence-electron chi connectivity index (χ0n) is 12.8. The summed E-state index contributed by atoms with van der Waals surface area (Å²) in [6, 6.07) is 7.37. The van der Waals surface area contributed by atoms with Crippen LogP contribution in [0.4, 0.5) is 0 Å². The van der Waals surface area contributed by atoms with E-state index in [1.54, 1.807) is 0 Å². The highest BCUT2D eigenvalue weighted by Crippen LogP contribution is 2.32. The maximum absolute atomic E-state index is 5.98. The number of ether oxygens (including phenoxy) is 1. The van der Waals surface area contributed by atoms with Crippen molar-refractivity contribution in [2.75, 3.05) is 13.2 Å². The zero-order chi connectivity index (χ0) is 13.9. The molecular weight excluding hydrogens is 234 g/mol. The molecule has 19 heavy (non-hydrogen) atoms. The molecule has 0 saturated heterocycles. The minimum absolute atomic E-state index is 0.129. The third-order valence-corrected chi connectivity index (χ3v) is 3.63. The Morgan fingerprint density at radius 1 is 1.26 bits per heavy atom. The van der Waals surface area contributed by atoms with Gasteiger partial charge in [0, 0.05) is 12.6 Å². The number of benzene rings is 1. The van der Waals surface area contributed by atoms with Crippen LogP contribution in [0, 0.1) is 0 Å². The number of aryl methyl sites for hydroxylation is 1. The Labute approximate surface area is 117 Å². The lowest BCUT2D eigenvalue weighted by Crippen LogP contribution is -2.23. The molecule has 2 heteroatoms. The van der Waals surface area contributed by atoms with E-state index in [1.165, 1.54) is 24.0 Å². The highest BCUT2D eigenvalue weighted by Gasteiger charge is 2.21. The first-order chi connectivity index (χ1) is 9.00. The third kappa shape index (κ3) is 4.24. The van der Waals surface area contributed by atoms with Crippen LogP contribution in [-0.4, -0.2) is 19.2 Å². The molecule has 0 spiro atoms. The molecule has 2 nitrogen and oxygen atoms in total. The molecular formula is C17H27NO. The molecule has 1 aromatic carbocycles. The Balaban J connectivity index is 2.00. The highest BCUT2D eigenvalue weighted by molar-refractivity contribution is 5.41. The summed E-state index contributed by atoms with van der Waals surface area (Å²) >= 11 is 0. The Morgan fingerprint density at radius 2 is 2.00 bits per heavy atom. The van der Waals surface area contributed by atoms with Gasteiger partial charge in [-0.2, -0.15) is 0 Å². The zero-order valence-corrected chi connectivity index (χ0v) is 12.8. The number of hydrogen-bond acceptors (Lipinski definition) is 2. The second-order valence-corrected chi connectivity index (χ2v) is 6.51. The van der Waals surface area contributed by atoms with Crippen LogP contribution < -0.4 is 10.1 Å². The van der Waals surface area contributed by atoms with Gasteiger partial charge < -0.3 is 10.1 Å². The van der Waals surface area contributed by atoms with Gasteiger partial charge in [0.2, 0.25) is 0 Å². The van der Waals surface area contributed by atoms with Gasteiger partial charge in [0.15, 0.2) is 0 Å². The molecule has 1 saturated carbocycles. The van der Waals surface area contributed by atoms with Crippen LogP contribution in [0.5, 0.6) is 5.75 Å². The van der Waals surface area contributed by atoms with E-state index >= 15 is 0 Å². The topological polar surface area (TPSA) is 21.3 Å². The van der Waals surface area contributed by atoms with Crippen LogP contribution in [0.3, 0.4) is 0 Å². The SMILES string of the molecule is CCc1ccc(OCCNC2CC2)c(C(C)(C)C)c1. The van der Waals surface area contributed by atoms with Crippen LogP contribution in [0.2, 0.25) is 0 Å². The predicted molar refractivity (Wildman–Crippen MR) is 81.0 cm³/mol. The number of hydrogen-bond donors (Lipinski definition) is 1. The summed E-state index contributed by atoms with van der Waals surface area (Å²) in [5.41, 5.74) is 2.83. The van der Waals surface area contributed by atoms with Crippen LogP contribution in [0.25, 0.3) is 0 Å². The fourth-order valence-corrected chi connectivity index (χ4v) is 2.22. The lowest BCUT2D eigenvalue weighted by Gasteiger charge is -2.23. The van der Waals surface area contributed by atoms with Gasteiger partial charge in [0.05, 0.1) is 0 Å². The molecule has 0 atom stereocenters. The van der Waals surface area contributed by atoms with Gasteiger partial charge in [-0.05, 0) is 41.9 Å². The van der Waals surface area contributed by atoms with Crippen LogP contribution in [0.15, 0.2) is 18.2 Å². The Bertz CT molecular complexity index is 416. The summed E-state index contributed by atoms with van der Waals surface area (Å²) in [5, 5.41) is 3.48. The smallest absolute Gasteiger partial charge is 0.123 e. The summed E-state index contributed by atoms with van der Waals surface area (Å²) < 4.78 is 5.98. The van der Waals surface area contributed by atoms with E-state index in [1.807, 2.05) is 0 Å². The van der Waals surface area contributed by atoms with Gasteiger partial charge in [-0.1, -0.05) is 39.8 Å². The van der Waals surface area contributed by atoms with Crippen molar-refractivity contribution < 1.29 is 4.74 Å². The molecule has 0 aromatic heterocycles. The molecule has 2 rings (SSSR count). The van der Waals surface area contributed by atoms with E-state index in [4.69, 9.17) is 4.74 Å². The largest absolute Gasteiger partial charge is 0.492 e. The molecule has 0 unspecified atom stereocenters. The van der Waals surface area contributed by atoms with E-state index < -0.39 is 0 Å². The summed E-state index contributed by atoms with van der Waals surface area (Å²) in [4.78, 5) is 0. The van der Waals surface area contributed by atoms with Gasteiger partial charge in [0.1, 0.15) is 12.4 Å². The summed E-state index contributed by atoms with van der Waals surface area (Å²) in [5.74, 6) is 1.04. The molecule has 1 N–H and O–H groups in total. The van der Waals surface area contributed by atoms with Crippen molar-refractivity contribution in [1.82, 2.24) is 5.32 Å². The van der Waals surface area contributed by atoms with Gasteiger partial charge >= 0.3 is 0 Å². The van der Waals surface area contributed by atoms with Crippen molar-refractivity contribution >= 4 is 0 Å². The first kappa shape index (κ1) is 14.4. The Kier molecular flexibility index (Phi) is 4.51. The average Bonchev–Trinajstić information content (AvgIpc) is 3.17. The quantitative estimate of drug-likeness (QED) is 0.789. The first-order valence-corrected chi connectivity index (χ1v) is 7.50. The van der Waals surface area contributed by atoms with E-state index in [9.17, 15) is 0 Å². The minimum Gasteiger partial charge on any atom is -0.492 e. The second kappa shape index (κ2) is 5.96. The van der Waals surface area contributed by atoms with Crippen molar-refractivity contribution in [2.45, 2.75) is 58.4 Å². The predicted octanol–water partition coefficient (Wildman–Crippen LogP) is 3.68. The molecule has 0 amide bonds. The number of nitrogens with one attached hydrogen (secondary N) is 1. The van der Waals surface area contributed by atoms with Gasteiger partial charge in [-0.25, -0.2) is 0 Å². The van der Waals surface area contributed by atoms with Crippen molar-refractivity contribution in [3.63, 3.8) is 0 Å². The molecule has 1 aromatic rings. The van der Waals surface area contributed by atoms with Crippen molar-refractivity contribution in [2.24, 2.45) is 0 Å². The monoisotopic (exact) mass is 261 g/mol. The number of rotatable bonds is 6. The molecule has 1 fully saturated rings. The fraction of sp³-hybridized carbons (Fsp3) is 0.647. The molecule has 1 aliphatic carbocycles. The first-order valence-electron chi connectivity index (χ1n) is 7.50. The molecule has 1 aliphatic rings.